The molecule has 1 amide bonds. The highest BCUT2D eigenvalue weighted by molar-refractivity contribution is 9.10. The summed E-state index contributed by atoms with van der Waals surface area (Å²) < 4.78 is 0.820. The van der Waals surface area contributed by atoms with Crippen LogP contribution >= 0.6 is 27.5 Å². The van der Waals surface area contributed by atoms with Crippen molar-refractivity contribution in [2.45, 2.75) is 12.5 Å². The van der Waals surface area contributed by atoms with Gasteiger partial charge in [-0.25, -0.2) is 0 Å². The summed E-state index contributed by atoms with van der Waals surface area (Å²) in [7, 11) is 0. The number of piperazine rings is 1. The van der Waals surface area contributed by atoms with E-state index in [2.05, 4.69) is 26.1 Å². The first kappa shape index (κ1) is 15.3. The number of likely N-dealkylation sites (tertiary alicyclic amines) is 1. The fourth-order valence-corrected chi connectivity index (χ4v) is 3.51. The Balaban J connectivity index is 1.64. The smallest absolute Gasteiger partial charge is 0.253 e. The molecule has 2 aliphatic heterocycles. The van der Waals surface area contributed by atoms with Gasteiger partial charge in [-0.3, -0.25) is 9.69 Å². The molecule has 2 heterocycles. The Morgan fingerprint density at radius 2 is 2.05 bits per heavy atom. The number of nitrogens with one attached hydrogen (secondary N) is 1. The minimum atomic E-state index is 0.0852. The third-order valence-corrected chi connectivity index (χ3v) is 5.52. The number of benzene rings is 1. The Labute approximate surface area is 138 Å². The van der Waals surface area contributed by atoms with Gasteiger partial charge in [-0.2, -0.15) is 0 Å². The van der Waals surface area contributed by atoms with Crippen LogP contribution in [-0.4, -0.2) is 61.0 Å². The van der Waals surface area contributed by atoms with Crippen LogP contribution in [-0.2, 0) is 0 Å². The minimum absolute atomic E-state index is 0.0852. The number of hydrogen-bond donors (Lipinski definition) is 1. The second-order valence-corrected chi connectivity index (χ2v) is 6.87. The summed E-state index contributed by atoms with van der Waals surface area (Å²) in [5, 5.41) is 3.95. The minimum Gasteiger partial charge on any atom is -0.337 e. The van der Waals surface area contributed by atoms with E-state index in [1.807, 2.05) is 17.0 Å². The number of halogens is 2. The third kappa shape index (κ3) is 3.42. The second kappa shape index (κ2) is 6.65. The molecule has 0 spiro atoms. The van der Waals surface area contributed by atoms with Crippen LogP contribution in [0.4, 0.5) is 0 Å². The standard InChI is InChI=1S/C15H19BrClN3O/c16-13-2-1-11(9-14(13)17)15(21)20-6-3-12(10-20)19-7-4-18-5-8-19/h1-2,9,12,18H,3-8,10H2. The highest BCUT2D eigenvalue weighted by Gasteiger charge is 2.31. The average molecular weight is 373 g/mol. The molecule has 114 valence electrons. The van der Waals surface area contributed by atoms with Crippen LogP contribution in [0.1, 0.15) is 16.8 Å². The topological polar surface area (TPSA) is 35.6 Å². The number of carbonyl (C=O) groups is 1. The molecular formula is C15H19BrClN3O. The van der Waals surface area contributed by atoms with Gasteiger partial charge in [0.05, 0.1) is 5.02 Å². The second-order valence-electron chi connectivity index (χ2n) is 5.61. The van der Waals surface area contributed by atoms with Gasteiger partial charge in [0.1, 0.15) is 0 Å². The van der Waals surface area contributed by atoms with Crippen LogP contribution in [0.25, 0.3) is 0 Å². The van der Waals surface area contributed by atoms with Gasteiger partial charge < -0.3 is 10.2 Å². The predicted molar refractivity (Wildman–Crippen MR) is 87.9 cm³/mol. The van der Waals surface area contributed by atoms with Crippen LogP contribution in [0.3, 0.4) is 0 Å². The van der Waals surface area contributed by atoms with E-state index in [4.69, 9.17) is 11.6 Å². The first-order chi connectivity index (χ1) is 10.1. The predicted octanol–water partition coefficient (Wildman–Crippen LogP) is 2.22. The molecule has 0 saturated carbocycles. The largest absolute Gasteiger partial charge is 0.337 e. The van der Waals surface area contributed by atoms with Crippen molar-refractivity contribution < 1.29 is 4.79 Å². The number of nitrogens with zero attached hydrogens (tertiary/aromatic N) is 2. The molecule has 6 heteroatoms. The van der Waals surface area contributed by atoms with Gasteiger partial charge in [-0.15, -0.1) is 0 Å². The summed E-state index contributed by atoms with van der Waals surface area (Å²) in [6.07, 6.45) is 1.07. The number of carbonyl (C=O) groups excluding carboxylic acids is 1. The van der Waals surface area contributed by atoms with Crippen molar-refractivity contribution in [3.05, 3.63) is 33.3 Å². The molecule has 0 radical (unpaired) electrons. The van der Waals surface area contributed by atoms with Gasteiger partial charge in [0.15, 0.2) is 0 Å². The summed E-state index contributed by atoms with van der Waals surface area (Å²) in [4.78, 5) is 17.0. The Morgan fingerprint density at radius 1 is 1.29 bits per heavy atom. The van der Waals surface area contributed by atoms with Crippen molar-refractivity contribution in [1.29, 1.82) is 0 Å². The first-order valence-electron chi connectivity index (χ1n) is 7.34. The molecule has 2 saturated heterocycles. The number of amides is 1. The molecule has 1 N–H and O–H groups in total. The molecule has 0 bridgehead atoms. The summed E-state index contributed by atoms with van der Waals surface area (Å²) >= 11 is 9.44. The van der Waals surface area contributed by atoms with Crippen molar-refractivity contribution in [1.82, 2.24) is 15.1 Å². The van der Waals surface area contributed by atoms with Crippen LogP contribution in [0.5, 0.6) is 0 Å². The molecule has 4 nitrogen and oxygen atoms in total. The van der Waals surface area contributed by atoms with E-state index < -0.39 is 0 Å². The Hall–Kier alpha value is -0.620. The first-order valence-corrected chi connectivity index (χ1v) is 8.51. The van der Waals surface area contributed by atoms with Crippen LogP contribution in [0.2, 0.25) is 5.02 Å². The molecule has 0 aliphatic carbocycles. The van der Waals surface area contributed by atoms with E-state index in [0.717, 1.165) is 50.2 Å². The summed E-state index contributed by atoms with van der Waals surface area (Å²) in [5.74, 6) is 0.0852. The SMILES string of the molecule is O=C(c1ccc(Br)c(Cl)c1)N1CCC(N2CCNCC2)C1. The molecule has 1 aromatic rings. The van der Waals surface area contributed by atoms with E-state index >= 15 is 0 Å². The lowest BCUT2D eigenvalue weighted by Gasteiger charge is -2.32. The molecule has 21 heavy (non-hydrogen) atoms. The molecule has 1 unspecified atom stereocenters. The molecule has 2 aliphatic rings. The zero-order valence-corrected chi connectivity index (χ0v) is 14.2. The van der Waals surface area contributed by atoms with E-state index in [1.165, 1.54) is 0 Å². The fraction of sp³-hybridized carbons (Fsp3) is 0.533. The van der Waals surface area contributed by atoms with Gasteiger partial charge >= 0.3 is 0 Å². The maximum Gasteiger partial charge on any atom is 0.253 e. The number of rotatable bonds is 2. The summed E-state index contributed by atoms with van der Waals surface area (Å²) in [6.45, 7) is 5.92. The van der Waals surface area contributed by atoms with E-state index in [1.54, 1.807) is 6.07 Å². The summed E-state index contributed by atoms with van der Waals surface area (Å²) in [6, 6.07) is 5.91. The lowest BCUT2D eigenvalue weighted by atomic mass is 10.2. The van der Waals surface area contributed by atoms with Gasteiger partial charge in [-0.05, 0) is 40.5 Å². The van der Waals surface area contributed by atoms with E-state index in [0.29, 0.717) is 16.6 Å². The van der Waals surface area contributed by atoms with Crippen LogP contribution in [0, 0.1) is 0 Å². The third-order valence-electron chi connectivity index (χ3n) is 4.29. The quantitative estimate of drug-likeness (QED) is 0.865. The van der Waals surface area contributed by atoms with Crippen molar-refractivity contribution in [2.24, 2.45) is 0 Å². The average Bonchev–Trinajstić information content (AvgIpc) is 3.00. The van der Waals surface area contributed by atoms with Crippen LogP contribution < -0.4 is 5.32 Å². The van der Waals surface area contributed by atoms with Crippen molar-refractivity contribution in [3.8, 4) is 0 Å². The maximum absolute atomic E-state index is 12.6. The summed E-state index contributed by atoms with van der Waals surface area (Å²) in [5.41, 5.74) is 0.671. The number of hydrogen-bond acceptors (Lipinski definition) is 3. The molecule has 3 rings (SSSR count). The highest BCUT2D eigenvalue weighted by Crippen LogP contribution is 2.25. The van der Waals surface area contributed by atoms with Gasteiger partial charge in [0, 0.05) is 55.3 Å². The Bertz CT molecular complexity index is 534. The van der Waals surface area contributed by atoms with Crippen LogP contribution in [0.15, 0.2) is 22.7 Å². The Morgan fingerprint density at radius 3 is 2.76 bits per heavy atom. The Kier molecular flexibility index (Phi) is 4.84. The molecule has 2 fully saturated rings. The van der Waals surface area contributed by atoms with E-state index in [9.17, 15) is 4.79 Å². The molecule has 1 atom stereocenters. The zero-order valence-electron chi connectivity index (χ0n) is 11.8. The van der Waals surface area contributed by atoms with E-state index in [-0.39, 0.29) is 5.91 Å². The van der Waals surface area contributed by atoms with Crippen molar-refractivity contribution in [2.75, 3.05) is 39.3 Å². The zero-order chi connectivity index (χ0) is 14.8. The monoisotopic (exact) mass is 371 g/mol. The van der Waals surface area contributed by atoms with Crippen molar-refractivity contribution in [3.63, 3.8) is 0 Å². The highest BCUT2D eigenvalue weighted by atomic mass is 79.9. The fourth-order valence-electron chi connectivity index (χ4n) is 3.08. The van der Waals surface area contributed by atoms with Gasteiger partial charge in [-0.1, -0.05) is 11.6 Å². The molecular weight excluding hydrogens is 354 g/mol. The molecule has 0 aromatic heterocycles. The lowest BCUT2D eigenvalue weighted by molar-refractivity contribution is 0.0773. The molecule has 1 aromatic carbocycles. The van der Waals surface area contributed by atoms with Gasteiger partial charge in [0.25, 0.3) is 5.91 Å². The lowest BCUT2D eigenvalue weighted by Crippen LogP contribution is -2.49. The maximum atomic E-state index is 12.6. The van der Waals surface area contributed by atoms with Crippen molar-refractivity contribution >= 4 is 33.4 Å². The normalized spacial score (nSPS) is 23.5. The van der Waals surface area contributed by atoms with Gasteiger partial charge in [0.2, 0.25) is 0 Å².